The van der Waals surface area contributed by atoms with Gasteiger partial charge in [-0.25, -0.2) is 18.2 Å². The third kappa shape index (κ3) is 5.77. The first-order chi connectivity index (χ1) is 18.9. The number of amides is 1. The van der Waals surface area contributed by atoms with Crippen molar-refractivity contribution in [3.05, 3.63) is 82.6 Å². The number of Topliss-reactive ketones (excluding diaryl/α,β-unsaturated/α-hetero) is 1. The molecule has 4 rings (SSSR count). The Kier molecular flexibility index (Phi) is 8.67. The zero-order chi connectivity index (χ0) is 29.3. The summed E-state index contributed by atoms with van der Waals surface area (Å²) in [7, 11) is 2.79. The average Bonchev–Trinajstić information content (AvgIpc) is 2.91. The highest BCUT2D eigenvalue weighted by Gasteiger charge is 2.38. The number of aliphatic hydroxyl groups excluding tert-OH is 1. The number of nitrogens with two attached hydrogens (primary N) is 1. The van der Waals surface area contributed by atoms with E-state index in [1.807, 2.05) is 13.8 Å². The molecule has 3 N–H and O–H groups in total. The normalized spacial score (nSPS) is 20.9. The van der Waals surface area contributed by atoms with E-state index in [2.05, 4.69) is 9.97 Å². The van der Waals surface area contributed by atoms with Crippen molar-refractivity contribution in [2.24, 2.45) is 11.7 Å². The van der Waals surface area contributed by atoms with Gasteiger partial charge in [0.1, 0.15) is 28.8 Å². The zero-order valence-corrected chi connectivity index (χ0v) is 22.6. The Morgan fingerprint density at radius 1 is 1.12 bits per heavy atom. The van der Waals surface area contributed by atoms with Crippen molar-refractivity contribution < 1.29 is 32.6 Å². The second kappa shape index (κ2) is 11.8. The van der Waals surface area contributed by atoms with Gasteiger partial charge in [0.2, 0.25) is 0 Å². The van der Waals surface area contributed by atoms with Crippen molar-refractivity contribution in [1.29, 1.82) is 0 Å². The molecule has 0 unspecified atom stereocenters. The SMILES string of the molecule is CC(C)[C@H]1O[C@@H](c2ccncc2CC(=O)c2ccc(F)c(-c3c(F)ccc(C(=O)N(C)C)c3F)n2)C[C@@H](N)[C@@H]1O. The summed E-state index contributed by atoms with van der Waals surface area (Å²) < 4.78 is 51.0. The number of rotatable bonds is 7. The first kappa shape index (κ1) is 29.3. The van der Waals surface area contributed by atoms with Gasteiger partial charge in [0.05, 0.1) is 29.4 Å². The number of nitrogens with zero attached hydrogens (tertiary/aromatic N) is 3. The lowest BCUT2D eigenvalue weighted by Gasteiger charge is -2.40. The number of benzene rings is 1. The van der Waals surface area contributed by atoms with Gasteiger partial charge in [0, 0.05) is 39.0 Å². The largest absolute Gasteiger partial charge is 0.389 e. The highest BCUT2D eigenvalue weighted by atomic mass is 19.1. The quantitative estimate of drug-likeness (QED) is 0.424. The van der Waals surface area contributed by atoms with Crippen LogP contribution in [-0.2, 0) is 11.2 Å². The van der Waals surface area contributed by atoms with Gasteiger partial charge < -0.3 is 20.5 Å². The monoisotopic (exact) mass is 556 g/mol. The Morgan fingerprint density at radius 2 is 1.82 bits per heavy atom. The van der Waals surface area contributed by atoms with E-state index in [-0.39, 0.29) is 18.0 Å². The van der Waals surface area contributed by atoms with Gasteiger partial charge in [-0.15, -0.1) is 0 Å². The minimum absolute atomic E-state index is 0.00933. The van der Waals surface area contributed by atoms with Crippen LogP contribution >= 0.6 is 0 Å². The molecule has 1 amide bonds. The van der Waals surface area contributed by atoms with Crippen molar-refractivity contribution >= 4 is 11.7 Å². The van der Waals surface area contributed by atoms with Gasteiger partial charge in [0.15, 0.2) is 5.78 Å². The van der Waals surface area contributed by atoms with Gasteiger partial charge in [-0.2, -0.15) is 0 Å². The van der Waals surface area contributed by atoms with E-state index in [9.17, 15) is 23.5 Å². The molecule has 1 aliphatic heterocycles. The van der Waals surface area contributed by atoms with Crippen LogP contribution in [0.15, 0.2) is 42.7 Å². The maximum absolute atomic E-state index is 15.3. The Bertz CT molecular complexity index is 1430. The number of aliphatic hydroxyl groups is 1. The average molecular weight is 557 g/mol. The summed E-state index contributed by atoms with van der Waals surface area (Å²) in [6.45, 7) is 3.82. The molecular weight excluding hydrogens is 525 g/mol. The standard InChI is InChI=1S/C29H31F3N4O4/c1-14(2)28-27(38)20(33)12-23(40-28)16-9-10-34-13-15(16)11-22(37)21-8-7-19(31)26(35-21)24-18(30)6-5-17(25(24)32)29(39)36(3)4/h5-10,13-14,20,23,27-28,38H,11-12,33H2,1-4H3/t20-,23-,27+,28-/m1/s1. The maximum Gasteiger partial charge on any atom is 0.256 e. The number of hydrogen-bond donors (Lipinski definition) is 2. The number of ketones is 1. The van der Waals surface area contributed by atoms with E-state index in [0.717, 1.165) is 29.2 Å². The molecule has 212 valence electrons. The molecule has 3 aromatic rings. The van der Waals surface area contributed by atoms with Crippen molar-refractivity contribution in [3.8, 4) is 11.3 Å². The first-order valence-corrected chi connectivity index (χ1v) is 12.8. The first-order valence-electron chi connectivity index (χ1n) is 12.8. The molecule has 8 nitrogen and oxygen atoms in total. The molecule has 40 heavy (non-hydrogen) atoms. The van der Waals surface area contributed by atoms with Crippen molar-refractivity contribution in [2.75, 3.05) is 14.1 Å². The van der Waals surface area contributed by atoms with Crippen LogP contribution in [0.3, 0.4) is 0 Å². The van der Waals surface area contributed by atoms with E-state index in [0.29, 0.717) is 17.5 Å². The third-order valence-corrected chi connectivity index (χ3v) is 6.98. The second-order valence-electron chi connectivity index (χ2n) is 10.4. The number of pyridine rings is 2. The topological polar surface area (TPSA) is 119 Å². The summed E-state index contributed by atoms with van der Waals surface area (Å²) in [5, 5.41) is 10.5. The Morgan fingerprint density at radius 3 is 2.50 bits per heavy atom. The van der Waals surface area contributed by atoms with Crippen LogP contribution in [0.1, 0.15) is 58.3 Å². The van der Waals surface area contributed by atoms with Crippen LogP contribution in [0.4, 0.5) is 13.2 Å². The molecule has 0 bridgehead atoms. The molecule has 11 heteroatoms. The van der Waals surface area contributed by atoms with Gasteiger partial charge in [0.25, 0.3) is 5.91 Å². The van der Waals surface area contributed by atoms with Crippen LogP contribution in [-0.4, -0.2) is 64.0 Å². The van der Waals surface area contributed by atoms with Gasteiger partial charge in [-0.05, 0) is 53.8 Å². The van der Waals surface area contributed by atoms with Crippen LogP contribution in [0, 0.1) is 23.4 Å². The minimum Gasteiger partial charge on any atom is -0.389 e. The number of aromatic nitrogens is 2. The van der Waals surface area contributed by atoms with Gasteiger partial charge in [-0.3, -0.25) is 14.6 Å². The number of hydrogen-bond acceptors (Lipinski definition) is 7. The molecule has 2 aromatic heterocycles. The lowest BCUT2D eigenvalue weighted by Crippen LogP contribution is -2.52. The van der Waals surface area contributed by atoms with E-state index < -0.39 is 70.3 Å². The molecule has 1 aliphatic rings. The molecule has 0 radical (unpaired) electrons. The number of carbonyl (C=O) groups is 2. The molecule has 0 saturated carbocycles. The van der Waals surface area contributed by atoms with Crippen LogP contribution < -0.4 is 5.73 Å². The Hall–Kier alpha value is -3.67. The second-order valence-corrected chi connectivity index (χ2v) is 10.4. The highest BCUT2D eigenvalue weighted by molar-refractivity contribution is 5.97. The molecular formula is C29H31F3N4O4. The summed E-state index contributed by atoms with van der Waals surface area (Å²) in [5.41, 5.74) is 5.09. The lowest BCUT2D eigenvalue weighted by atomic mass is 9.86. The summed E-state index contributed by atoms with van der Waals surface area (Å²) >= 11 is 0. The summed E-state index contributed by atoms with van der Waals surface area (Å²) in [6, 6.07) is 5.01. The predicted octanol–water partition coefficient (Wildman–Crippen LogP) is 3.86. The van der Waals surface area contributed by atoms with Crippen LogP contribution in [0.25, 0.3) is 11.3 Å². The van der Waals surface area contributed by atoms with E-state index in [4.69, 9.17) is 10.5 Å². The zero-order valence-electron chi connectivity index (χ0n) is 22.6. The van der Waals surface area contributed by atoms with Gasteiger partial charge >= 0.3 is 0 Å². The molecule has 0 spiro atoms. The van der Waals surface area contributed by atoms with Crippen LogP contribution in [0.2, 0.25) is 0 Å². The summed E-state index contributed by atoms with van der Waals surface area (Å²) in [4.78, 5) is 34.8. The molecule has 4 atom stereocenters. The Labute approximate surface area is 230 Å². The van der Waals surface area contributed by atoms with Gasteiger partial charge in [-0.1, -0.05) is 13.8 Å². The maximum atomic E-state index is 15.3. The summed E-state index contributed by atoms with van der Waals surface area (Å²) in [6.07, 6.45) is 1.30. The fourth-order valence-electron chi connectivity index (χ4n) is 4.82. The number of halogens is 3. The van der Waals surface area contributed by atoms with Crippen molar-refractivity contribution in [1.82, 2.24) is 14.9 Å². The van der Waals surface area contributed by atoms with E-state index in [1.54, 1.807) is 12.3 Å². The molecule has 1 saturated heterocycles. The van der Waals surface area contributed by atoms with Crippen LogP contribution in [0.5, 0.6) is 0 Å². The lowest BCUT2D eigenvalue weighted by molar-refractivity contribution is -0.145. The molecule has 1 aromatic carbocycles. The smallest absolute Gasteiger partial charge is 0.256 e. The molecule has 1 fully saturated rings. The predicted molar refractivity (Wildman–Crippen MR) is 141 cm³/mol. The van der Waals surface area contributed by atoms with E-state index >= 15 is 4.39 Å². The molecule has 3 heterocycles. The summed E-state index contributed by atoms with van der Waals surface area (Å²) in [5.74, 6) is -4.79. The highest BCUT2D eigenvalue weighted by Crippen LogP contribution is 2.35. The fraction of sp³-hybridized carbons (Fsp3) is 0.379. The van der Waals surface area contributed by atoms with E-state index in [1.165, 1.54) is 20.3 Å². The molecule has 0 aliphatic carbocycles. The third-order valence-electron chi connectivity index (χ3n) is 6.98. The minimum atomic E-state index is -1.28. The Balaban J connectivity index is 1.67. The van der Waals surface area contributed by atoms with Crippen molar-refractivity contribution in [2.45, 2.75) is 51.0 Å². The fourth-order valence-corrected chi connectivity index (χ4v) is 4.82. The number of carbonyl (C=O) groups excluding carboxylic acids is 2. The van der Waals surface area contributed by atoms with Crippen molar-refractivity contribution in [3.63, 3.8) is 0 Å². The number of ether oxygens (including phenoxy) is 1.